The Morgan fingerprint density at radius 2 is 2.06 bits per heavy atom. The summed E-state index contributed by atoms with van der Waals surface area (Å²) in [5, 5.41) is 12.2. The summed E-state index contributed by atoms with van der Waals surface area (Å²) in [7, 11) is 0. The van der Waals surface area contributed by atoms with Crippen LogP contribution in [0.2, 0.25) is 0 Å². The average molecular weight is 251 g/mol. The standard InChI is InChI=1S/C14H21NO3/c1-9(2)15-8-13(14(16)17)18-12-6-5-10(3)7-11(12)4/h5-7,9,13,15H,8H2,1-4H3,(H,16,17). The molecule has 4 nitrogen and oxygen atoms in total. The summed E-state index contributed by atoms with van der Waals surface area (Å²) in [5.74, 6) is -0.332. The summed E-state index contributed by atoms with van der Waals surface area (Å²) in [6.45, 7) is 8.13. The van der Waals surface area contributed by atoms with Crippen molar-refractivity contribution in [3.63, 3.8) is 0 Å². The van der Waals surface area contributed by atoms with E-state index in [9.17, 15) is 4.79 Å². The molecule has 0 amide bonds. The SMILES string of the molecule is Cc1ccc(OC(CNC(C)C)C(=O)O)c(C)c1. The van der Waals surface area contributed by atoms with Crippen LogP contribution in [0.3, 0.4) is 0 Å². The molecule has 1 rings (SSSR count). The fourth-order valence-corrected chi connectivity index (χ4v) is 1.61. The number of nitrogens with one attached hydrogen (secondary N) is 1. The number of rotatable bonds is 6. The van der Waals surface area contributed by atoms with Crippen LogP contribution < -0.4 is 10.1 Å². The Labute approximate surface area is 108 Å². The van der Waals surface area contributed by atoms with Crippen LogP contribution in [0.25, 0.3) is 0 Å². The van der Waals surface area contributed by atoms with Crippen molar-refractivity contribution < 1.29 is 14.6 Å². The molecule has 1 aromatic carbocycles. The lowest BCUT2D eigenvalue weighted by Gasteiger charge is -2.18. The van der Waals surface area contributed by atoms with E-state index in [-0.39, 0.29) is 6.04 Å². The molecule has 4 heteroatoms. The summed E-state index contributed by atoms with van der Waals surface area (Å²) in [6.07, 6.45) is -0.867. The molecular weight excluding hydrogens is 230 g/mol. The molecule has 0 aromatic heterocycles. The molecule has 0 aliphatic rings. The smallest absolute Gasteiger partial charge is 0.346 e. The van der Waals surface area contributed by atoms with Gasteiger partial charge in [-0.15, -0.1) is 0 Å². The third kappa shape index (κ3) is 4.37. The van der Waals surface area contributed by atoms with E-state index >= 15 is 0 Å². The van der Waals surface area contributed by atoms with E-state index < -0.39 is 12.1 Å². The third-order valence-corrected chi connectivity index (χ3v) is 2.59. The van der Waals surface area contributed by atoms with E-state index in [1.165, 1.54) is 0 Å². The first-order chi connectivity index (χ1) is 8.40. The van der Waals surface area contributed by atoms with Crippen molar-refractivity contribution in [2.75, 3.05) is 6.54 Å². The van der Waals surface area contributed by atoms with Crippen LogP contribution in [0, 0.1) is 13.8 Å². The molecule has 2 N–H and O–H groups in total. The van der Waals surface area contributed by atoms with Crippen LogP contribution in [0.5, 0.6) is 5.75 Å². The van der Waals surface area contributed by atoms with Crippen LogP contribution in [-0.2, 0) is 4.79 Å². The molecule has 0 fully saturated rings. The zero-order valence-corrected chi connectivity index (χ0v) is 11.4. The number of aliphatic carboxylic acids is 1. The molecule has 0 aliphatic heterocycles. The average Bonchev–Trinajstić information content (AvgIpc) is 2.26. The predicted molar refractivity (Wildman–Crippen MR) is 71.1 cm³/mol. The van der Waals surface area contributed by atoms with E-state index in [0.29, 0.717) is 12.3 Å². The van der Waals surface area contributed by atoms with E-state index in [1.807, 2.05) is 45.9 Å². The third-order valence-electron chi connectivity index (χ3n) is 2.59. The first-order valence-electron chi connectivity index (χ1n) is 6.10. The first kappa shape index (κ1) is 14.5. The van der Waals surface area contributed by atoms with Gasteiger partial charge in [-0.25, -0.2) is 4.79 Å². The van der Waals surface area contributed by atoms with Crippen LogP contribution in [0.4, 0.5) is 0 Å². The maximum absolute atomic E-state index is 11.1. The highest BCUT2D eigenvalue weighted by molar-refractivity contribution is 5.73. The molecule has 1 unspecified atom stereocenters. The number of carboxylic acid groups (broad SMARTS) is 1. The highest BCUT2D eigenvalue weighted by atomic mass is 16.5. The maximum atomic E-state index is 11.1. The highest BCUT2D eigenvalue weighted by Gasteiger charge is 2.20. The first-order valence-corrected chi connectivity index (χ1v) is 6.10. The van der Waals surface area contributed by atoms with Gasteiger partial charge in [0.1, 0.15) is 5.75 Å². The Kier molecular flexibility index (Phi) is 5.16. The number of hydrogen-bond donors (Lipinski definition) is 2. The molecule has 1 atom stereocenters. The predicted octanol–water partition coefficient (Wildman–Crippen LogP) is 2.13. The van der Waals surface area contributed by atoms with E-state index in [4.69, 9.17) is 9.84 Å². The number of hydrogen-bond acceptors (Lipinski definition) is 3. The lowest BCUT2D eigenvalue weighted by molar-refractivity contribution is -0.144. The van der Waals surface area contributed by atoms with Gasteiger partial charge < -0.3 is 15.2 Å². The molecule has 100 valence electrons. The van der Waals surface area contributed by atoms with Gasteiger partial charge in [-0.3, -0.25) is 0 Å². The minimum atomic E-state index is -0.955. The van der Waals surface area contributed by atoms with E-state index in [1.54, 1.807) is 0 Å². The van der Waals surface area contributed by atoms with Gasteiger partial charge in [0.15, 0.2) is 0 Å². The molecule has 18 heavy (non-hydrogen) atoms. The number of aryl methyl sites for hydroxylation is 2. The van der Waals surface area contributed by atoms with Crippen molar-refractivity contribution >= 4 is 5.97 Å². The van der Waals surface area contributed by atoms with Crippen LogP contribution in [0.15, 0.2) is 18.2 Å². The Morgan fingerprint density at radius 1 is 1.39 bits per heavy atom. The molecule has 0 heterocycles. The van der Waals surface area contributed by atoms with Crippen LogP contribution in [-0.4, -0.2) is 29.8 Å². The van der Waals surface area contributed by atoms with E-state index in [0.717, 1.165) is 11.1 Å². The lowest BCUT2D eigenvalue weighted by Crippen LogP contribution is -2.40. The number of benzene rings is 1. The molecule has 0 radical (unpaired) electrons. The van der Waals surface area contributed by atoms with Crippen molar-refractivity contribution in [2.24, 2.45) is 0 Å². The van der Waals surface area contributed by atoms with Gasteiger partial charge in [0.25, 0.3) is 0 Å². The normalized spacial score (nSPS) is 12.5. The zero-order valence-electron chi connectivity index (χ0n) is 11.4. The van der Waals surface area contributed by atoms with Gasteiger partial charge in [-0.05, 0) is 25.5 Å². The van der Waals surface area contributed by atoms with Crippen molar-refractivity contribution in [2.45, 2.75) is 39.8 Å². The lowest BCUT2D eigenvalue weighted by atomic mass is 10.1. The van der Waals surface area contributed by atoms with Gasteiger partial charge in [-0.2, -0.15) is 0 Å². The number of carbonyl (C=O) groups is 1. The number of carboxylic acids is 1. The molecule has 0 bridgehead atoms. The van der Waals surface area contributed by atoms with Crippen LogP contribution >= 0.6 is 0 Å². The fraction of sp³-hybridized carbons (Fsp3) is 0.500. The number of ether oxygens (including phenoxy) is 1. The minimum Gasteiger partial charge on any atom is -0.478 e. The zero-order chi connectivity index (χ0) is 13.7. The van der Waals surface area contributed by atoms with Crippen molar-refractivity contribution in [1.82, 2.24) is 5.32 Å². The Hall–Kier alpha value is -1.55. The molecule has 0 saturated carbocycles. The second kappa shape index (κ2) is 6.40. The topological polar surface area (TPSA) is 58.6 Å². The van der Waals surface area contributed by atoms with Gasteiger partial charge in [-0.1, -0.05) is 31.5 Å². The fourth-order valence-electron chi connectivity index (χ4n) is 1.61. The van der Waals surface area contributed by atoms with Crippen molar-refractivity contribution in [3.8, 4) is 5.75 Å². The molecule has 0 aliphatic carbocycles. The summed E-state index contributed by atoms with van der Waals surface area (Å²) >= 11 is 0. The largest absolute Gasteiger partial charge is 0.478 e. The second-order valence-electron chi connectivity index (χ2n) is 4.78. The Balaban J connectivity index is 2.73. The molecule has 0 spiro atoms. The van der Waals surface area contributed by atoms with Gasteiger partial charge >= 0.3 is 5.97 Å². The monoisotopic (exact) mass is 251 g/mol. The summed E-state index contributed by atoms with van der Waals surface area (Å²) in [4.78, 5) is 11.1. The molecule has 0 saturated heterocycles. The summed E-state index contributed by atoms with van der Waals surface area (Å²) < 4.78 is 5.55. The summed E-state index contributed by atoms with van der Waals surface area (Å²) in [5.41, 5.74) is 2.08. The van der Waals surface area contributed by atoms with Crippen molar-refractivity contribution in [1.29, 1.82) is 0 Å². The van der Waals surface area contributed by atoms with E-state index in [2.05, 4.69) is 5.32 Å². The Bertz CT molecular complexity index is 416. The quantitative estimate of drug-likeness (QED) is 0.813. The Morgan fingerprint density at radius 3 is 2.56 bits per heavy atom. The molecule has 1 aromatic rings. The minimum absolute atomic E-state index is 0.231. The molecular formula is C14H21NO3. The second-order valence-corrected chi connectivity index (χ2v) is 4.78. The highest BCUT2D eigenvalue weighted by Crippen LogP contribution is 2.20. The maximum Gasteiger partial charge on any atom is 0.346 e. The van der Waals surface area contributed by atoms with Crippen molar-refractivity contribution in [3.05, 3.63) is 29.3 Å². The van der Waals surface area contributed by atoms with Gasteiger partial charge in [0.05, 0.1) is 0 Å². The van der Waals surface area contributed by atoms with Crippen LogP contribution in [0.1, 0.15) is 25.0 Å². The van der Waals surface area contributed by atoms with Gasteiger partial charge in [0, 0.05) is 12.6 Å². The summed E-state index contributed by atoms with van der Waals surface area (Å²) in [6, 6.07) is 5.94. The van der Waals surface area contributed by atoms with Gasteiger partial charge in [0.2, 0.25) is 6.10 Å².